The molecule has 0 saturated heterocycles. The summed E-state index contributed by atoms with van der Waals surface area (Å²) < 4.78 is 10.4. The summed E-state index contributed by atoms with van der Waals surface area (Å²) in [7, 11) is 0. The maximum Gasteiger partial charge on any atom is 0.294 e. The van der Waals surface area contributed by atoms with Crippen LogP contribution >= 0.6 is 0 Å². The number of carbonyl (C=O) groups excluding carboxylic acids is 1. The maximum absolute atomic E-state index is 12.2. The van der Waals surface area contributed by atoms with Gasteiger partial charge in [0.25, 0.3) is 11.8 Å². The first kappa shape index (κ1) is 13.7. The van der Waals surface area contributed by atoms with E-state index >= 15 is 0 Å². The Morgan fingerprint density at radius 3 is 2.96 bits per heavy atom. The molecule has 0 saturated carbocycles. The Bertz CT molecular complexity index is 860. The molecule has 4 rings (SSSR count). The number of carbonyl (C=O) groups is 1. The van der Waals surface area contributed by atoms with Crippen molar-refractivity contribution in [3.63, 3.8) is 0 Å². The van der Waals surface area contributed by atoms with Crippen molar-refractivity contribution in [1.29, 1.82) is 0 Å². The summed E-state index contributed by atoms with van der Waals surface area (Å²) in [6, 6.07) is 3.46. The van der Waals surface area contributed by atoms with Crippen LogP contribution in [0.5, 0.6) is 0 Å². The van der Waals surface area contributed by atoms with Crippen molar-refractivity contribution >= 4 is 5.91 Å². The first-order valence-corrected chi connectivity index (χ1v) is 7.27. The van der Waals surface area contributed by atoms with Crippen molar-refractivity contribution in [2.45, 2.75) is 20.3 Å². The molecule has 0 aliphatic carbocycles. The van der Waals surface area contributed by atoms with Crippen molar-refractivity contribution in [3.05, 3.63) is 29.8 Å². The predicted molar refractivity (Wildman–Crippen MR) is 79.4 cm³/mol. The summed E-state index contributed by atoms with van der Waals surface area (Å²) in [5, 5.41) is 6.78. The minimum Gasteiger partial charge on any atom is -0.459 e. The zero-order valence-electron chi connectivity index (χ0n) is 12.7. The molecule has 1 amide bonds. The third-order valence-corrected chi connectivity index (χ3v) is 3.75. The Morgan fingerprint density at radius 1 is 1.30 bits per heavy atom. The highest BCUT2D eigenvalue weighted by atomic mass is 16.5. The number of hydrogen-bond acceptors (Lipinski definition) is 6. The molecule has 8 heteroatoms. The molecule has 23 heavy (non-hydrogen) atoms. The van der Waals surface area contributed by atoms with E-state index in [1.165, 1.54) is 6.26 Å². The highest BCUT2D eigenvalue weighted by molar-refractivity contribution is 5.94. The minimum absolute atomic E-state index is 0.0543. The van der Waals surface area contributed by atoms with Crippen molar-refractivity contribution in [2.75, 3.05) is 6.54 Å². The number of fused-ring (bicyclic) bond motifs is 1. The fraction of sp³-hybridized carbons (Fsp3) is 0.333. The first-order valence-electron chi connectivity index (χ1n) is 7.27. The smallest absolute Gasteiger partial charge is 0.294 e. The molecule has 3 aromatic heterocycles. The summed E-state index contributed by atoms with van der Waals surface area (Å²) in [5.74, 6) is 1.25. The Hall–Kier alpha value is -2.90. The van der Waals surface area contributed by atoms with Gasteiger partial charge >= 0.3 is 0 Å². The lowest BCUT2D eigenvalue weighted by molar-refractivity contribution is 0.0940. The number of aromatic nitrogens is 4. The highest BCUT2D eigenvalue weighted by Crippen LogP contribution is 2.27. The summed E-state index contributed by atoms with van der Waals surface area (Å²) in [5.41, 5.74) is 1.11. The molecule has 0 spiro atoms. The minimum atomic E-state index is -0.192. The number of hydrogen-bond donors (Lipinski definition) is 2. The molecule has 1 aliphatic heterocycles. The van der Waals surface area contributed by atoms with Gasteiger partial charge in [0, 0.05) is 12.2 Å². The van der Waals surface area contributed by atoms with E-state index in [0.29, 0.717) is 30.2 Å². The molecule has 0 fully saturated rings. The van der Waals surface area contributed by atoms with Crippen LogP contribution < -0.4 is 5.32 Å². The second-order valence-corrected chi connectivity index (χ2v) is 6.34. The number of aromatic amines is 1. The zero-order chi connectivity index (χ0) is 16.0. The monoisotopic (exact) mass is 313 g/mol. The average molecular weight is 313 g/mol. The molecule has 0 bridgehead atoms. The van der Waals surface area contributed by atoms with Crippen molar-refractivity contribution in [3.8, 4) is 23.3 Å². The fourth-order valence-electron chi connectivity index (χ4n) is 2.60. The maximum atomic E-state index is 12.2. The van der Waals surface area contributed by atoms with Gasteiger partial charge < -0.3 is 19.2 Å². The van der Waals surface area contributed by atoms with Gasteiger partial charge in [-0.3, -0.25) is 4.79 Å². The summed E-state index contributed by atoms with van der Waals surface area (Å²) in [6.45, 7) is 4.79. The van der Waals surface area contributed by atoms with E-state index in [1.54, 1.807) is 12.1 Å². The number of nitrogens with one attached hydrogen (secondary N) is 2. The number of H-pyrrole nitrogens is 1. The van der Waals surface area contributed by atoms with Crippen LogP contribution in [0.15, 0.2) is 27.3 Å². The van der Waals surface area contributed by atoms with Crippen LogP contribution in [0.4, 0.5) is 0 Å². The molecule has 2 N–H and O–H groups in total. The quantitative estimate of drug-likeness (QED) is 0.749. The van der Waals surface area contributed by atoms with E-state index < -0.39 is 0 Å². The molecular formula is C15H15N5O3. The second-order valence-electron chi connectivity index (χ2n) is 6.34. The average Bonchev–Trinajstić information content (AvgIpc) is 3.22. The molecule has 0 radical (unpaired) electrons. The van der Waals surface area contributed by atoms with E-state index in [2.05, 4.69) is 39.3 Å². The number of nitrogens with zero attached hydrogens (tertiary/aromatic N) is 3. The van der Waals surface area contributed by atoms with Crippen LogP contribution in [0.1, 0.15) is 30.0 Å². The summed E-state index contributed by atoms with van der Waals surface area (Å²) in [4.78, 5) is 23.9. The number of rotatable bonds is 2. The van der Waals surface area contributed by atoms with Crippen LogP contribution in [0, 0.1) is 5.41 Å². The van der Waals surface area contributed by atoms with Gasteiger partial charge in [0.15, 0.2) is 11.6 Å². The molecule has 8 nitrogen and oxygen atoms in total. The van der Waals surface area contributed by atoms with Gasteiger partial charge in [0.2, 0.25) is 5.82 Å². The SMILES string of the molecule is CC1(C)CNC(=O)c2nc(-c3noc(-c4ccco4)n3)[nH]c2C1. The zero-order valence-corrected chi connectivity index (χ0v) is 12.7. The highest BCUT2D eigenvalue weighted by Gasteiger charge is 2.30. The predicted octanol–water partition coefficient (Wildman–Crippen LogP) is 2.03. The lowest BCUT2D eigenvalue weighted by Gasteiger charge is -2.21. The number of imidazole rings is 1. The van der Waals surface area contributed by atoms with Crippen LogP contribution in [0.2, 0.25) is 0 Å². The lowest BCUT2D eigenvalue weighted by Crippen LogP contribution is -2.32. The lowest BCUT2D eigenvalue weighted by atomic mass is 9.88. The third-order valence-electron chi connectivity index (χ3n) is 3.75. The molecule has 4 heterocycles. The van der Waals surface area contributed by atoms with Gasteiger partial charge in [-0.25, -0.2) is 4.98 Å². The Labute approximate surface area is 131 Å². The summed E-state index contributed by atoms with van der Waals surface area (Å²) in [6.07, 6.45) is 2.23. The molecule has 0 atom stereocenters. The molecular weight excluding hydrogens is 298 g/mol. The van der Waals surface area contributed by atoms with Crippen molar-refractivity contribution in [2.24, 2.45) is 5.41 Å². The number of furan rings is 1. The van der Waals surface area contributed by atoms with Gasteiger partial charge in [-0.1, -0.05) is 19.0 Å². The van der Waals surface area contributed by atoms with Gasteiger partial charge in [0.05, 0.1) is 6.26 Å². The molecule has 0 unspecified atom stereocenters. The van der Waals surface area contributed by atoms with Gasteiger partial charge in [0.1, 0.15) is 5.69 Å². The molecule has 0 aromatic carbocycles. The topological polar surface area (TPSA) is 110 Å². The van der Waals surface area contributed by atoms with Crippen LogP contribution in [-0.4, -0.2) is 32.6 Å². The van der Waals surface area contributed by atoms with E-state index in [9.17, 15) is 4.79 Å². The van der Waals surface area contributed by atoms with Gasteiger partial charge in [-0.2, -0.15) is 4.98 Å². The van der Waals surface area contributed by atoms with E-state index in [1.807, 2.05) is 0 Å². The second kappa shape index (κ2) is 4.80. The number of amides is 1. The Kier molecular flexibility index (Phi) is 2.87. The summed E-state index contributed by atoms with van der Waals surface area (Å²) >= 11 is 0. The largest absolute Gasteiger partial charge is 0.459 e. The van der Waals surface area contributed by atoms with Crippen LogP contribution in [-0.2, 0) is 6.42 Å². The standard InChI is InChI=1S/C15H15N5O3/c1-15(2)6-8-10(13(21)16-7-15)18-11(17-8)12-19-14(23-20-12)9-4-3-5-22-9/h3-5H,6-7H2,1-2H3,(H,16,21)(H,17,18). The fourth-order valence-corrected chi connectivity index (χ4v) is 2.60. The van der Waals surface area contributed by atoms with Gasteiger partial charge in [-0.05, 0) is 24.0 Å². The van der Waals surface area contributed by atoms with Crippen molar-refractivity contribution in [1.82, 2.24) is 25.4 Å². The molecule has 3 aromatic rings. The molecule has 118 valence electrons. The van der Waals surface area contributed by atoms with Crippen LogP contribution in [0.3, 0.4) is 0 Å². The van der Waals surface area contributed by atoms with E-state index in [4.69, 9.17) is 8.94 Å². The third kappa shape index (κ3) is 2.41. The normalized spacial score (nSPS) is 16.7. The Balaban J connectivity index is 1.72. The Morgan fingerprint density at radius 2 is 2.17 bits per heavy atom. The van der Waals surface area contributed by atoms with Crippen LogP contribution in [0.25, 0.3) is 23.3 Å². The van der Waals surface area contributed by atoms with Gasteiger partial charge in [-0.15, -0.1) is 0 Å². The van der Waals surface area contributed by atoms with E-state index in [0.717, 1.165) is 5.69 Å². The van der Waals surface area contributed by atoms with Crippen molar-refractivity contribution < 1.29 is 13.7 Å². The first-order chi connectivity index (χ1) is 11.0. The molecule has 1 aliphatic rings. The van der Waals surface area contributed by atoms with E-state index in [-0.39, 0.29) is 23.0 Å².